The number of aromatic nitrogens is 1. The Labute approximate surface area is 94.8 Å². The SMILES string of the molecule is Clc1cc(NCCN2CC=CC2)ccn1. The van der Waals surface area contributed by atoms with Gasteiger partial charge in [0.15, 0.2) is 0 Å². The zero-order valence-electron chi connectivity index (χ0n) is 8.49. The molecule has 0 unspecified atom stereocenters. The molecule has 0 aliphatic carbocycles. The van der Waals surface area contributed by atoms with Gasteiger partial charge in [-0.1, -0.05) is 23.8 Å². The van der Waals surface area contributed by atoms with Crippen LogP contribution in [0.2, 0.25) is 5.15 Å². The summed E-state index contributed by atoms with van der Waals surface area (Å²) in [6.45, 7) is 4.12. The van der Waals surface area contributed by atoms with Crippen LogP contribution >= 0.6 is 11.6 Å². The highest BCUT2D eigenvalue weighted by Gasteiger charge is 2.04. The first-order chi connectivity index (χ1) is 7.34. The van der Waals surface area contributed by atoms with Crippen LogP contribution in [-0.2, 0) is 0 Å². The molecule has 0 atom stereocenters. The number of nitrogens with zero attached hydrogens (tertiary/aromatic N) is 2. The highest BCUT2D eigenvalue weighted by Crippen LogP contribution is 2.11. The van der Waals surface area contributed by atoms with Crippen LogP contribution in [0, 0.1) is 0 Å². The summed E-state index contributed by atoms with van der Waals surface area (Å²) in [7, 11) is 0. The van der Waals surface area contributed by atoms with E-state index in [2.05, 4.69) is 27.4 Å². The van der Waals surface area contributed by atoms with E-state index in [1.165, 1.54) is 0 Å². The summed E-state index contributed by atoms with van der Waals surface area (Å²) in [5, 5.41) is 3.85. The molecule has 0 radical (unpaired) electrons. The number of pyridine rings is 1. The van der Waals surface area contributed by atoms with E-state index in [0.717, 1.165) is 31.9 Å². The van der Waals surface area contributed by atoms with Crippen LogP contribution in [0.3, 0.4) is 0 Å². The van der Waals surface area contributed by atoms with Crippen LogP contribution in [-0.4, -0.2) is 36.1 Å². The molecule has 0 amide bonds. The molecule has 3 nitrogen and oxygen atoms in total. The first-order valence-corrected chi connectivity index (χ1v) is 5.45. The van der Waals surface area contributed by atoms with Gasteiger partial charge in [-0.25, -0.2) is 4.98 Å². The molecule has 1 aromatic rings. The molecule has 1 N–H and O–H groups in total. The number of rotatable bonds is 4. The Bertz CT molecular complexity index is 343. The maximum absolute atomic E-state index is 5.78. The molecule has 80 valence electrons. The van der Waals surface area contributed by atoms with Gasteiger partial charge < -0.3 is 5.32 Å². The van der Waals surface area contributed by atoms with Crippen molar-refractivity contribution >= 4 is 17.3 Å². The molecule has 15 heavy (non-hydrogen) atoms. The molecule has 1 aliphatic rings. The zero-order valence-corrected chi connectivity index (χ0v) is 9.24. The minimum Gasteiger partial charge on any atom is -0.384 e. The van der Waals surface area contributed by atoms with Crippen molar-refractivity contribution in [3.63, 3.8) is 0 Å². The molecule has 1 aliphatic heterocycles. The van der Waals surface area contributed by atoms with Crippen molar-refractivity contribution < 1.29 is 0 Å². The summed E-state index contributed by atoms with van der Waals surface area (Å²) in [5.41, 5.74) is 1.03. The van der Waals surface area contributed by atoms with Crippen LogP contribution in [0.25, 0.3) is 0 Å². The molecule has 0 aromatic carbocycles. The fourth-order valence-electron chi connectivity index (χ4n) is 1.58. The van der Waals surface area contributed by atoms with Gasteiger partial charge in [0, 0.05) is 38.1 Å². The summed E-state index contributed by atoms with van der Waals surface area (Å²) in [5.74, 6) is 0. The molecular formula is C11H14ClN3. The predicted molar refractivity (Wildman–Crippen MR) is 63.3 cm³/mol. The maximum Gasteiger partial charge on any atom is 0.131 e. The second-order valence-electron chi connectivity index (χ2n) is 3.52. The number of anilines is 1. The molecule has 0 fully saturated rings. The average Bonchev–Trinajstić information content (AvgIpc) is 2.71. The molecule has 2 rings (SSSR count). The van der Waals surface area contributed by atoms with Crippen molar-refractivity contribution in [3.05, 3.63) is 35.6 Å². The van der Waals surface area contributed by atoms with Crippen LogP contribution < -0.4 is 5.32 Å². The Morgan fingerprint density at radius 1 is 1.40 bits per heavy atom. The molecule has 2 heterocycles. The first kappa shape index (κ1) is 10.5. The lowest BCUT2D eigenvalue weighted by molar-refractivity contribution is 0.367. The van der Waals surface area contributed by atoms with E-state index in [-0.39, 0.29) is 0 Å². The van der Waals surface area contributed by atoms with Gasteiger partial charge in [-0.15, -0.1) is 0 Å². The summed E-state index contributed by atoms with van der Waals surface area (Å²) in [6.07, 6.45) is 6.11. The van der Waals surface area contributed by atoms with Crippen LogP contribution in [0.1, 0.15) is 0 Å². The normalized spacial score (nSPS) is 15.8. The van der Waals surface area contributed by atoms with Crippen molar-refractivity contribution in [3.8, 4) is 0 Å². The van der Waals surface area contributed by atoms with E-state index >= 15 is 0 Å². The third kappa shape index (κ3) is 3.22. The van der Waals surface area contributed by atoms with E-state index < -0.39 is 0 Å². The van der Waals surface area contributed by atoms with Crippen molar-refractivity contribution in [1.29, 1.82) is 0 Å². The molecule has 0 saturated carbocycles. The first-order valence-electron chi connectivity index (χ1n) is 5.07. The largest absolute Gasteiger partial charge is 0.384 e. The minimum atomic E-state index is 0.530. The summed E-state index contributed by atoms with van der Waals surface area (Å²) >= 11 is 5.78. The van der Waals surface area contributed by atoms with E-state index in [4.69, 9.17) is 11.6 Å². The fraction of sp³-hybridized carbons (Fsp3) is 0.364. The average molecular weight is 224 g/mol. The summed E-state index contributed by atoms with van der Waals surface area (Å²) < 4.78 is 0. The number of hydrogen-bond acceptors (Lipinski definition) is 3. The molecule has 1 aromatic heterocycles. The van der Waals surface area contributed by atoms with Gasteiger partial charge in [0.2, 0.25) is 0 Å². The fourth-order valence-corrected chi connectivity index (χ4v) is 1.75. The number of halogens is 1. The maximum atomic E-state index is 5.78. The van der Waals surface area contributed by atoms with E-state index in [0.29, 0.717) is 5.15 Å². The lowest BCUT2D eigenvalue weighted by atomic mass is 10.4. The second-order valence-corrected chi connectivity index (χ2v) is 3.91. The topological polar surface area (TPSA) is 28.2 Å². The van der Waals surface area contributed by atoms with Gasteiger partial charge in [0.25, 0.3) is 0 Å². The Morgan fingerprint density at radius 2 is 2.20 bits per heavy atom. The quantitative estimate of drug-likeness (QED) is 0.625. The standard InChI is InChI=1S/C11H14ClN3/c12-11-9-10(3-4-14-11)13-5-8-15-6-1-2-7-15/h1-4,9H,5-8H2,(H,13,14). The number of nitrogens with one attached hydrogen (secondary N) is 1. The number of hydrogen-bond donors (Lipinski definition) is 1. The highest BCUT2D eigenvalue weighted by atomic mass is 35.5. The van der Waals surface area contributed by atoms with E-state index in [1.807, 2.05) is 12.1 Å². The Balaban J connectivity index is 1.73. The second kappa shape index (κ2) is 5.14. The van der Waals surface area contributed by atoms with Crippen molar-refractivity contribution in [2.24, 2.45) is 0 Å². The Morgan fingerprint density at radius 3 is 2.93 bits per heavy atom. The smallest absolute Gasteiger partial charge is 0.131 e. The van der Waals surface area contributed by atoms with Gasteiger partial charge >= 0.3 is 0 Å². The molecule has 4 heteroatoms. The third-order valence-corrected chi connectivity index (χ3v) is 2.58. The van der Waals surface area contributed by atoms with Gasteiger partial charge in [0.05, 0.1) is 0 Å². The van der Waals surface area contributed by atoms with Crippen LogP contribution in [0.15, 0.2) is 30.5 Å². The van der Waals surface area contributed by atoms with Gasteiger partial charge in [-0.05, 0) is 12.1 Å². The molecular weight excluding hydrogens is 210 g/mol. The zero-order chi connectivity index (χ0) is 10.5. The Hall–Kier alpha value is -1.06. The highest BCUT2D eigenvalue weighted by molar-refractivity contribution is 6.29. The van der Waals surface area contributed by atoms with Crippen molar-refractivity contribution in [2.75, 3.05) is 31.5 Å². The Kier molecular flexibility index (Phi) is 3.59. The van der Waals surface area contributed by atoms with Gasteiger partial charge in [0.1, 0.15) is 5.15 Å². The molecule has 0 spiro atoms. The van der Waals surface area contributed by atoms with Crippen LogP contribution in [0.4, 0.5) is 5.69 Å². The van der Waals surface area contributed by atoms with Crippen molar-refractivity contribution in [2.45, 2.75) is 0 Å². The predicted octanol–water partition coefficient (Wildman–Crippen LogP) is 2.02. The summed E-state index contributed by atoms with van der Waals surface area (Å²) in [6, 6.07) is 3.76. The monoisotopic (exact) mass is 223 g/mol. The summed E-state index contributed by atoms with van der Waals surface area (Å²) in [4.78, 5) is 6.30. The van der Waals surface area contributed by atoms with Gasteiger partial charge in [-0.2, -0.15) is 0 Å². The minimum absolute atomic E-state index is 0.530. The van der Waals surface area contributed by atoms with Crippen LogP contribution in [0.5, 0.6) is 0 Å². The van der Waals surface area contributed by atoms with E-state index in [1.54, 1.807) is 6.20 Å². The lowest BCUT2D eigenvalue weighted by Crippen LogP contribution is -2.26. The molecule has 0 saturated heterocycles. The van der Waals surface area contributed by atoms with E-state index in [9.17, 15) is 0 Å². The molecule has 0 bridgehead atoms. The van der Waals surface area contributed by atoms with Gasteiger partial charge in [-0.3, -0.25) is 4.90 Å². The third-order valence-electron chi connectivity index (χ3n) is 2.38. The van der Waals surface area contributed by atoms with Crippen molar-refractivity contribution in [1.82, 2.24) is 9.88 Å². The lowest BCUT2D eigenvalue weighted by Gasteiger charge is -2.15.